The Kier molecular flexibility index (Phi) is 5.85. The van der Waals surface area contributed by atoms with Gasteiger partial charge in [0.2, 0.25) is 5.91 Å². The molecule has 8 nitrogen and oxygen atoms in total. The van der Waals surface area contributed by atoms with Crippen LogP contribution in [-0.2, 0) is 16.1 Å². The van der Waals surface area contributed by atoms with Gasteiger partial charge < -0.3 is 24.3 Å². The molecular formula is C18H22N4O4. The largest absolute Gasteiger partial charge is 0.459 e. The highest BCUT2D eigenvalue weighted by atomic mass is 16.5. The van der Waals surface area contributed by atoms with E-state index in [0.29, 0.717) is 19.8 Å². The van der Waals surface area contributed by atoms with Gasteiger partial charge in [-0.2, -0.15) is 0 Å². The lowest BCUT2D eigenvalue weighted by molar-refractivity contribution is -0.121. The normalized spacial score (nSPS) is 14.1. The molecule has 8 heteroatoms. The summed E-state index contributed by atoms with van der Waals surface area (Å²) >= 11 is 0. The van der Waals surface area contributed by atoms with Gasteiger partial charge in [-0.25, -0.2) is 4.98 Å². The predicted octanol–water partition coefficient (Wildman–Crippen LogP) is 0.900. The molecule has 1 fully saturated rings. The fourth-order valence-electron chi connectivity index (χ4n) is 2.63. The molecule has 2 amide bonds. The molecule has 0 aliphatic carbocycles. The third kappa shape index (κ3) is 4.60. The number of amides is 2. The highest BCUT2D eigenvalue weighted by Crippen LogP contribution is 2.13. The number of hydrogen-bond acceptors (Lipinski definition) is 6. The summed E-state index contributed by atoms with van der Waals surface area (Å²) < 4.78 is 10.4. The SMILES string of the molecule is CN(CC(=O)NCc1ccc(N2CCOCC2)nc1)C(=O)c1ccco1. The lowest BCUT2D eigenvalue weighted by atomic mass is 10.2. The summed E-state index contributed by atoms with van der Waals surface area (Å²) in [6.07, 6.45) is 3.18. The smallest absolute Gasteiger partial charge is 0.289 e. The molecule has 0 saturated carbocycles. The van der Waals surface area contributed by atoms with Crippen LogP contribution in [0.25, 0.3) is 0 Å². The Morgan fingerprint density at radius 1 is 1.27 bits per heavy atom. The maximum atomic E-state index is 12.0. The summed E-state index contributed by atoms with van der Waals surface area (Å²) in [4.78, 5) is 32.0. The molecule has 0 radical (unpaired) electrons. The van der Waals surface area contributed by atoms with E-state index in [1.807, 2.05) is 12.1 Å². The number of morpholine rings is 1. The molecule has 3 rings (SSSR count). The predicted molar refractivity (Wildman–Crippen MR) is 94.8 cm³/mol. The Hall–Kier alpha value is -2.87. The van der Waals surface area contributed by atoms with Crippen LogP contribution in [0.3, 0.4) is 0 Å². The summed E-state index contributed by atoms with van der Waals surface area (Å²) in [5.41, 5.74) is 0.898. The van der Waals surface area contributed by atoms with Gasteiger partial charge in [-0.1, -0.05) is 6.07 Å². The number of ether oxygens (including phenoxy) is 1. The Morgan fingerprint density at radius 3 is 2.73 bits per heavy atom. The molecule has 0 aromatic carbocycles. The molecule has 3 heterocycles. The number of nitrogens with zero attached hydrogens (tertiary/aromatic N) is 3. The van der Waals surface area contributed by atoms with Crippen LogP contribution < -0.4 is 10.2 Å². The van der Waals surface area contributed by atoms with E-state index in [9.17, 15) is 9.59 Å². The first-order valence-electron chi connectivity index (χ1n) is 8.47. The maximum Gasteiger partial charge on any atom is 0.289 e. The Balaban J connectivity index is 1.46. The van der Waals surface area contributed by atoms with Crippen molar-refractivity contribution in [3.8, 4) is 0 Å². The molecule has 2 aromatic rings. The van der Waals surface area contributed by atoms with Crippen molar-refractivity contribution in [1.82, 2.24) is 15.2 Å². The summed E-state index contributed by atoms with van der Waals surface area (Å²) in [5, 5.41) is 2.79. The molecule has 0 spiro atoms. The van der Waals surface area contributed by atoms with Crippen LogP contribution in [0.2, 0.25) is 0 Å². The van der Waals surface area contributed by atoms with Crippen molar-refractivity contribution < 1.29 is 18.7 Å². The van der Waals surface area contributed by atoms with Crippen LogP contribution in [0.1, 0.15) is 16.1 Å². The van der Waals surface area contributed by atoms with Crippen LogP contribution in [0.4, 0.5) is 5.82 Å². The van der Waals surface area contributed by atoms with Crippen molar-refractivity contribution in [3.05, 3.63) is 48.0 Å². The number of furan rings is 1. The minimum absolute atomic E-state index is 0.0428. The van der Waals surface area contributed by atoms with Gasteiger partial charge in [0.15, 0.2) is 5.76 Å². The lowest BCUT2D eigenvalue weighted by Crippen LogP contribution is -2.38. The van der Waals surface area contributed by atoms with Crippen molar-refractivity contribution in [1.29, 1.82) is 0 Å². The Bertz CT molecular complexity index is 724. The highest BCUT2D eigenvalue weighted by Gasteiger charge is 2.17. The third-order valence-electron chi connectivity index (χ3n) is 4.09. The van der Waals surface area contributed by atoms with Crippen molar-refractivity contribution in [3.63, 3.8) is 0 Å². The zero-order chi connectivity index (χ0) is 18.4. The van der Waals surface area contributed by atoms with Crippen LogP contribution in [0.15, 0.2) is 41.1 Å². The molecule has 0 atom stereocenters. The average Bonchev–Trinajstić information content (AvgIpc) is 3.21. The number of likely N-dealkylation sites (N-methyl/N-ethyl adjacent to an activating group) is 1. The van der Waals surface area contributed by atoms with E-state index in [-0.39, 0.29) is 24.1 Å². The first kappa shape index (κ1) is 17.9. The van der Waals surface area contributed by atoms with Gasteiger partial charge >= 0.3 is 0 Å². The summed E-state index contributed by atoms with van der Waals surface area (Å²) in [7, 11) is 1.56. The van der Waals surface area contributed by atoms with Gasteiger partial charge in [-0.05, 0) is 23.8 Å². The third-order valence-corrected chi connectivity index (χ3v) is 4.09. The second-order valence-corrected chi connectivity index (χ2v) is 6.04. The molecule has 1 aliphatic heterocycles. The molecule has 1 N–H and O–H groups in total. The van der Waals surface area contributed by atoms with Crippen LogP contribution >= 0.6 is 0 Å². The van der Waals surface area contributed by atoms with Crippen LogP contribution in [0, 0.1) is 0 Å². The fraction of sp³-hybridized carbons (Fsp3) is 0.389. The second kappa shape index (κ2) is 8.48. The topological polar surface area (TPSA) is 87.9 Å². The molecule has 26 heavy (non-hydrogen) atoms. The van der Waals surface area contributed by atoms with Gasteiger partial charge in [0.1, 0.15) is 5.82 Å². The molecule has 1 saturated heterocycles. The first-order valence-corrected chi connectivity index (χ1v) is 8.47. The number of pyridine rings is 1. The van der Waals surface area contributed by atoms with E-state index >= 15 is 0 Å². The molecular weight excluding hydrogens is 336 g/mol. The summed E-state index contributed by atoms with van der Waals surface area (Å²) in [6, 6.07) is 7.09. The molecule has 2 aromatic heterocycles. The number of carbonyl (C=O) groups excluding carboxylic acids is 2. The maximum absolute atomic E-state index is 12.0. The molecule has 1 aliphatic rings. The number of rotatable bonds is 6. The number of anilines is 1. The Labute approximate surface area is 151 Å². The van der Waals surface area contributed by atoms with E-state index in [0.717, 1.165) is 24.5 Å². The summed E-state index contributed by atoms with van der Waals surface area (Å²) in [6.45, 7) is 3.41. The standard InChI is InChI=1S/C18H22N4O4/c1-21(18(24)15-3-2-8-26-15)13-17(23)20-12-14-4-5-16(19-11-14)22-6-9-25-10-7-22/h2-5,8,11H,6-7,9-10,12-13H2,1H3,(H,20,23). The van der Waals surface area contributed by atoms with E-state index < -0.39 is 0 Å². The van der Waals surface area contributed by atoms with E-state index in [1.54, 1.807) is 25.4 Å². The van der Waals surface area contributed by atoms with Gasteiger partial charge in [-0.3, -0.25) is 9.59 Å². The zero-order valence-electron chi connectivity index (χ0n) is 14.7. The number of nitrogens with one attached hydrogen (secondary N) is 1. The number of aromatic nitrogens is 1. The van der Waals surface area contributed by atoms with Crippen molar-refractivity contribution in [2.75, 3.05) is 44.8 Å². The van der Waals surface area contributed by atoms with E-state index in [2.05, 4.69) is 15.2 Å². The van der Waals surface area contributed by atoms with Crippen LogP contribution in [0.5, 0.6) is 0 Å². The zero-order valence-corrected chi connectivity index (χ0v) is 14.7. The van der Waals surface area contributed by atoms with Gasteiger partial charge in [0.25, 0.3) is 5.91 Å². The molecule has 0 unspecified atom stereocenters. The molecule has 138 valence electrons. The average molecular weight is 358 g/mol. The minimum Gasteiger partial charge on any atom is -0.459 e. The second-order valence-electron chi connectivity index (χ2n) is 6.04. The minimum atomic E-state index is -0.332. The number of hydrogen-bond donors (Lipinski definition) is 1. The summed E-state index contributed by atoms with van der Waals surface area (Å²) in [5.74, 6) is 0.543. The highest BCUT2D eigenvalue weighted by molar-refractivity contribution is 5.94. The lowest BCUT2D eigenvalue weighted by Gasteiger charge is -2.27. The van der Waals surface area contributed by atoms with Crippen molar-refractivity contribution >= 4 is 17.6 Å². The van der Waals surface area contributed by atoms with Crippen LogP contribution in [-0.4, -0.2) is 61.6 Å². The van der Waals surface area contributed by atoms with E-state index in [1.165, 1.54) is 11.2 Å². The fourth-order valence-corrected chi connectivity index (χ4v) is 2.63. The van der Waals surface area contributed by atoms with E-state index in [4.69, 9.17) is 9.15 Å². The monoisotopic (exact) mass is 358 g/mol. The first-order chi connectivity index (χ1) is 12.6. The Morgan fingerprint density at radius 2 is 2.08 bits per heavy atom. The quantitative estimate of drug-likeness (QED) is 0.825. The van der Waals surface area contributed by atoms with Crippen molar-refractivity contribution in [2.45, 2.75) is 6.54 Å². The number of carbonyl (C=O) groups is 2. The van der Waals surface area contributed by atoms with Gasteiger partial charge in [0.05, 0.1) is 26.0 Å². The van der Waals surface area contributed by atoms with Crippen molar-refractivity contribution in [2.24, 2.45) is 0 Å². The van der Waals surface area contributed by atoms with Gasteiger partial charge in [-0.15, -0.1) is 0 Å². The molecule has 0 bridgehead atoms. The van der Waals surface area contributed by atoms with Gasteiger partial charge in [0, 0.05) is 32.9 Å².